The van der Waals surface area contributed by atoms with Crippen molar-refractivity contribution in [2.45, 2.75) is 40.7 Å². The summed E-state index contributed by atoms with van der Waals surface area (Å²) < 4.78 is 22.8. The van der Waals surface area contributed by atoms with Gasteiger partial charge >= 0.3 is 5.97 Å². The first kappa shape index (κ1) is 21.2. The SMILES string of the molecule is CCOC(=O)c1c(Nc2ccc(I)cc2F)sc2c1CC(C)(C)Cn1c(C)nnc1-2. The molecule has 0 atom stereocenters. The molecule has 0 spiro atoms. The fourth-order valence-electron chi connectivity index (χ4n) is 3.74. The molecular formula is C21H22FIN4O2S. The van der Waals surface area contributed by atoms with E-state index in [9.17, 15) is 9.18 Å². The van der Waals surface area contributed by atoms with E-state index in [4.69, 9.17) is 4.74 Å². The van der Waals surface area contributed by atoms with E-state index in [1.165, 1.54) is 17.4 Å². The molecule has 0 amide bonds. The molecule has 30 heavy (non-hydrogen) atoms. The second-order valence-electron chi connectivity index (χ2n) is 8.08. The molecule has 1 aromatic carbocycles. The number of carbonyl (C=O) groups excluding carboxylic acids is 1. The molecule has 4 rings (SSSR count). The van der Waals surface area contributed by atoms with Crippen LogP contribution >= 0.6 is 33.9 Å². The molecule has 1 N–H and O–H groups in total. The zero-order valence-corrected chi connectivity index (χ0v) is 20.1. The predicted octanol–water partition coefficient (Wildman–Crippen LogP) is 5.56. The Kier molecular flexibility index (Phi) is 5.60. The van der Waals surface area contributed by atoms with Crippen LogP contribution in [0.3, 0.4) is 0 Å². The highest BCUT2D eigenvalue weighted by Gasteiger charge is 2.36. The Morgan fingerprint density at radius 1 is 1.40 bits per heavy atom. The number of thiophene rings is 1. The van der Waals surface area contributed by atoms with Crippen molar-refractivity contribution in [3.05, 3.63) is 44.5 Å². The van der Waals surface area contributed by atoms with Gasteiger partial charge in [0.25, 0.3) is 0 Å². The summed E-state index contributed by atoms with van der Waals surface area (Å²) in [5.41, 5.74) is 1.52. The minimum absolute atomic E-state index is 0.124. The number of hydrogen-bond donors (Lipinski definition) is 1. The minimum atomic E-state index is -0.413. The lowest BCUT2D eigenvalue weighted by Gasteiger charge is -2.24. The molecule has 2 aromatic heterocycles. The van der Waals surface area contributed by atoms with Crippen LogP contribution in [0.25, 0.3) is 10.7 Å². The van der Waals surface area contributed by atoms with Crippen molar-refractivity contribution in [2.24, 2.45) is 5.41 Å². The van der Waals surface area contributed by atoms with Crippen molar-refractivity contribution in [1.29, 1.82) is 0 Å². The number of esters is 1. The molecule has 1 aliphatic rings. The van der Waals surface area contributed by atoms with Gasteiger partial charge in [0.15, 0.2) is 5.82 Å². The van der Waals surface area contributed by atoms with Crippen LogP contribution in [0.15, 0.2) is 18.2 Å². The Morgan fingerprint density at radius 2 is 2.17 bits per heavy atom. The van der Waals surface area contributed by atoms with E-state index >= 15 is 0 Å². The van der Waals surface area contributed by atoms with E-state index in [0.29, 0.717) is 22.7 Å². The van der Waals surface area contributed by atoms with Crippen LogP contribution in [-0.4, -0.2) is 27.3 Å². The molecule has 0 unspecified atom stereocenters. The molecule has 9 heteroatoms. The van der Waals surface area contributed by atoms with Crippen LogP contribution in [0, 0.1) is 21.7 Å². The summed E-state index contributed by atoms with van der Waals surface area (Å²) in [7, 11) is 0. The van der Waals surface area contributed by atoms with Crippen molar-refractivity contribution < 1.29 is 13.9 Å². The van der Waals surface area contributed by atoms with Crippen LogP contribution in [0.2, 0.25) is 0 Å². The first-order valence-electron chi connectivity index (χ1n) is 9.65. The number of anilines is 2. The maximum absolute atomic E-state index is 14.5. The second kappa shape index (κ2) is 7.92. The summed E-state index contributed by atoms with van der Waals surface area (Å²) in [5, 5.41) is 12.3. The normalized spacial score (nSPS) is 14.6. The molecule has 0 saturated heterocycles. The number of benzene rings is 1. The van der Waals surface area contributed by atoms with E-state index in [1.807, 2.05) is 13.0 Å². The fraction of sp³-hybridized carbons (Fsp3) is 0.381. The van der Waals surface area contributed by atoms with Gasteiger partial charge in [0.1, 0.15) is 16.6 Å². The summed E-state index contributed by atoms with van der Waals surface area (Å²) in [6.07, 6.45) is 0.673. The van der Waals surface area contributed by atoms with Crippen LogP contribution in [0.5, 0.6) is 0 Å². The Morgan fingerprint density at radius 3 is 2.87 bits per heavy atom. The lowest BCUT2D eigenvalue weighted by Crippen LogP contribution is -2.22. The Hall–Kier alpha value is -2.01. The maximum Gasteiger partial charge on any atom is 0.341 e. The zero-order valence-electron chi connectivity index (χ0n) is 17.2. The van der Waals surface area contributed by atoms with Gasteiger partial charge in [-0.1, -0.05) is 13.8 Å². The molecule has 158 valence electrons. The van der Waals surface area contributed by atoms with E-state index in [-0.39, 0.29) is 17.8 Å². The third-order valence-corrected chi connectivity index (χ3v) is 6.86. The standard InChI is InChI=1S/C21H22FIN4O2S/c1-5-29-20(28)16-13-9-21(3,4)10-27-11(2)25-26-18(27)17(13)30-19(16)24-15-7-6-12(23)8-14(15)22/h6-8,24H,5,9-10H2,1-4H3. The first-order valence-corrected chi connectivity index (χ1v) is 11.5. The molecule has 1 aliphatic heterocycles. The van der Waals surface area contributed by atoms with Crippen LogP contribution in [0.1, 0.15) is 42.5 Å². The summed E-state index contributed by atoms with van der Waals surface area (Å²) in [6.45, 7) is 9.03. The Bertz CT molecular complexity index is 1140. The number of fused-ring (bicyclic) bond motifs is 3. The van der Waals surface area contributed by atoms with Crippen molar-refractivity contribution in [2.75, 3.05) is 11.9 Å². The third kappa shape index (κ3) is 3.84. The quantitative estimate of drug-likeness (QED) is 0.347. The number of carbonyl (C=O) groups is 1. The number of aryl methyl sites for hydroxylation is 1. The third-order valence-electron chi connectivity index (χ3n) is 5.05. The number of ether oxygens (including phenoxy) is 1. The lowest BCUT2D eigenvalue weighted by molar-refractivity contribution is 0.0526. The average molecular weight is 540 g/mol. The van der Waals surface area contributed by atoms with E-state index < -0.39 is 5.97 Å². The van der Waals surface area contributed by atoms with Gasteiger partial charge in [0, 0.05) is 10.1 Å². The van der Waals surface area contributed by atoms with Crippen LogP contribution < -0.4 is 5.32 Å². The number of aromatic nitrogens is 3. The number of hydrogen-bond acceptors (Lipinski definition) is 6. The maximum atomic E-state index is 14.5. The molecule has 0 bridgehead atoms. The number of halogens is 2. The van der Waals surface area contributed by atoms with Gasteiger partial charge in [-0.25, -0.2) is 9.18 Å². The molecule has 0 fully saturated rings. The lowest BCUT2D eigenvalue weighted by atomic mass is 9.85. The van der Waals surface area contributed by atoms with E-state index in [1.54, 1.807) is 13.0 Å². The average Bonchev–Trinajstić information content (AvgIpc) is 3.14. The summed E-state index contributed by atoms with van der Waals surface area (Å²) >= 11 is 3.45. The molecule has 3 aromatic rings. The molecule has 3 heterocycles. The van der Waals surface area contributed by atoms with Gasteiger partial charge in [0.2, 0.25) is 0 Å². The van der Waals surface area contributed by atoms with Gasteiger partial charge in [-0.15, -0.1) is 21.5 Å². The fourth-order valence-corrected chi connectivity index (χ4v) is 5.40. The van der Waals surface area contributed by atoms with E-state index in [2.05, 4.69) is 56.5 Å². The molecule has 0 saturated carbocycles. The molecular weight excluding hydrogens is 518 g/mol. The Balaban J connectivity index is 1.91. The molecule has 0 radical (unpaired) electrons. The van der Waals surface area contributed by atoms with Crippen LogP contribution in [-0.2, 0) is 17.7 Å². The second-order valence-corrected chi connectivity index (χ2v) is 10.3. The predicted molar refractivity (Wildman–Crippen MR) is 124 cm³/mol. The van der Waals surface area contributed by atoms with Gasteiger partial charge in [0.05, 0.1) is 22.7 Å². The number of rotatable bonds is 4. The van der Waals surface area contributed by atoms with Gasteiger partial charge in [-0.05, 0) is 72.0 Å². The molecule has 0 aliphatic carbocycles. The van der Waals surface area contributed by atoms with Crippen molar-refractivity contribution in [3.63, 3.8) is 0 Å². The zero-order chi connectivity index (χ0) is 21.6. The summed E-state index contributed by atoms with van der Waals surface area (Å²) in [5.74, 6) is 0.776. The topological polar surface area (TPSA) is 69.0 Å². The van der Waals surface area contributed by atoms with E-state index in [0.717, 1.165) is 32.2 Å². The highest BCUT2D eigenvalue weighted by Crippen LogP contribution is 2.46. The van der Waals surface area contributed by atoms with Crippen molar-refractivity contribution >= 4 is 50.6 Å². The van der Waals surface area contributed by atoms with Crippen molar-refractivity contribution in [1.82, 2.24) is 14.8 Å². The van der Waals surface area contributed by atoms with Crippen molar-refractivity contribution in [3.8, 4) is 10.7 Å². The summed E-state index contributed by atoms with van der Waals surface area (Å²) in [4.78, 5) is 13.8. The van der Waals surface area contributed by atoms with Gasteiger partial charge in [-0.2, -0.15) is 0 Å². The summed E-state index contributed by atoms with van der Waals surface area (Å²) in [6, 6.07) is 4.94. The Labute approximate surface area is 192 Å². The largest absolute Gasteiger partial charge is 0.462 e. The number of nitrogens with zero attached hydrogens (tertiary/aromatic N) is 3. The first-order chi connectivity index (χ1) is 14.2. The smallest absolute Gasteiger partial charge is 0.341 e. The molecule has 6 nitrogen and oxygen atoms in total. The number of nitrogens with one attached hydrogen (secondary N) is 1. The van der Waals surface area contributed by atoms with Gasteiger partial charge in [-0.3, -0.25) is 0 Å². The van der Waals surface area contributed by atoms with Gasteiger partial charge < -0.3 is 14.6 Å². The minimum Gasteiger partial charge on any atom is -0.462 e. The highest BCUT2D eigenvalue weighted by atomic mass is 127. The van der Waals surface area contributed by atoms with Crippen LogP contribution in [0.4, 0.5) is 15.1 Å². The monoisotopic (exact) mass is 540 g/mol. The highest BCUT2D eigenvalue weighted by molar-refractivity contribution is 14.1.